The van der Waals surface area contributed by atoms with Crippen LogP contribution in [0.4, 0.5) is 0 Å². The van der Waals surface area contributed by atoms with Gasteiger partial charge in [0.2, 0.25) is 0 Å². The minimum absolute atomic E-state index is 0.00453. The van der Waals surface area contributed by atoms with Gasteiger partial charge in [-0.05, 0) is 17.7 Å². The SMILES string of the molecule is CC(C)c1nsc(Oc2cccc(CO)c2)n1. The molecular weight excluding hydrogens is 236 g/mol. The third-order valence-corrected chi connectivity index (χ3v) is 2.83. The van der Waals surface area contributed by atoms with Crippen LogP contribution < -0.4 is 4.74 Å². The molecule has 0 saturated carbocycles. The molecule has 17 heavy (non-hydrogen) atoms. The number of ether oxygens (including phenoxy) is 1. The molecule has 0 fully saturated rings. The van der Waals surface area contributed by atoms with Crippen molar-refractivity contribution >= 4 is 11.5 Å². The molecule has 0 aliphatic carbocycles. The maximum Gasteiger partial charge on any atom is 0.298 e. The van der Waals surface area contributed by atoms with Crippen LogP contribution in [0.5, 0.6) is 10.9 Å². The summed E-state index contributed by atoms with van der Waals surface area (Å²) in [5.41, 5.74) is 0.816. The number of benzene rings is 1. The molecule has 0 bridgehead atoms. The maximum absolute atomic E-state index is 9.02. The standard InChI is InChI=1S/C12H14N2O2S/c1-8(2)11-13-12(17-14-11)16-10-5-3-4-9(6-10)7-15/h3-6,8,15H,7H2,1-2H3. The van der Waals surface area contributed by atoms with Gasteiger partial charge < -0.3 is 9.84 Å². The predicted octanol–water partition coefficient (Wildman–Crippen LogP) is 2.95. The van der Waals surface area contributed by atoms with E-state index in [9.17, 15) is 0 Å². The summed E-state index contributed by atoms with van der Waals surface area (Å²) in [6, 6.07) is 7.30. The summed E-state index contributed by atoms with van der Waals surface area (Å²) in [5.74, 6) is 1.76. The lowest BCUT2D eigenvalue weighted by atomic mass is 10.2. The molecule has 1 aromatic heterocycles. The van der Waals surface area contributed by atoms with Crippen molar-refractivity contribution in [3.63, 3.8) is 0 Å². The second kappa shape index (κ2) is 5.25. The fourth-order valence-corrected chi connectivity index (χ4v) is 2.00. The van der Waals surface area contributed by atoms with Crippen molar-refractivity contribution in [3.05, 3.63) is 35.7 Å². The molecule has 0 aliphatic heterocycles. The van der Waals surface area contributed by atoms with Gasteiger partial charge >= 0.3 is 0 Å². The van der Waals surface area contributed by atoms with Crippen molar-refractivity contribution < 1.29 is 9.84 Å². The van der Waals surface area contributed by atoms with E-state index in [2.05, 4.69) is 9.36 Å². The lowest BCUT2D eigenvalue weighted by Gasteiger charge is -2.02. The molecule has 0 atom stereocenters. The largest absolute Gasteiger partial charge is 0.430 e. The van der Waals surface area contributed by atoms with Crippen LogP contribution in [0.3, 0.4) is 0 Å². The zero-order valence-corrected chi connectivity index (χ0v) is 10.6. The van der Waals surface area contributed by atoms with Gasteiger partial charge in [-0.15, -0.1) is 0 Å². The van der Waals surface area contributed by atoms with E-state index in [1.807, 2.05) is 32.0 Å². The number of rotatable bonds is 4. The van der Waals surface area contributed by atoms with Crippen molar-refractivity contribution in [1.29, 1.82) is 0 Å². The number of hydrogen-bond donors (Lipinski definition) is 1. The van der Waals surface area contributed by atoms with Gasteiger partial charge in [0.25, 0.3) is 5.19 Å². The average molecular weight is 250 g/mol. The second-order valence-electron chi connectivity index (χ2n) is 3.98. The summed E-state index contributed by atoms with van der Waals surface area (Å²) in [6.07, 6.45) is 0. The van der Waals surface area contributed by atoms with E-state index in [-0.39, 0.29) is 6.61 Å². The molecule has 2 aromatic rings. The van der Waals surface area contributed by atoms with E-state index in [1.165, 1.54) is 11.5 Å². The molecule has 1 aromatic carbocycles. The van der Waals surface area contributed by atoms with E-state index in [0.29, 0.717) is 16.9 Å². The van der Waals surface area contributed by atoms with Crippen LogP contribution in [0.15, 0.2) is 24.3 Å². The lowest BCUT2D eigenvalue weighted by Crippen LogP contribution is -1.90. The molecule has 5 heteroatoms. The van der Waals surface area contributed by atoms with E-state index < -0.39 is 0 Å². The first kappa shape index (κ1) is 12.0. The van der Waals surface area contributed by atoms with Crippen LogP contribution in [0.1, 0.15) is 31.2 Å². The zero-order valence-electron chi connectivity index (χ0n) is 9.75. The van der Waals surface area contributed by atoms with Crippen LogP contribution in [0.2, 0.25) is 0 Å². The van der Waals surface area contributed by atoms with Crippen molar-refractivity contribution in [2.24, 2.45) is 0 Å². The smallest absolute Gasteiger partial charge is 0.298 e. The van der Waals surface area contributed by atoms with Crippen LogP contribution in [0.25, 0.3) is 0 Å². The molecule has 4 nitrogen and oxygen atoms in total. The minimum Gasteiger partial charge on any atom is -0.430 e. The lowest BCUT2D eigenvalue weighted by molar-refractivity contribution is 0.281. The summed E-state index contributed by atoms with van der Waals surface area (Å²) in [7, 11) is 0. The fraction of sp³-hybridized carbons (Fsp3) is 0.333. The average Bonchev–Trinajstić information content (AvgIpc) is 2.78. The van der Waals surface area contributed by atoms with E-state index in [0.717, 1.165) is 11.4 Å². The highest BCUT2D eigenvalue weighted by Gasteiger charge is 2.09. The van der Waals surface area contributed by atoms with E-state index >= 15 is 0 Å². The van der Waals surface area contributed by atoms with Crippen molar-refractivity contribution in [2.45, 2.75) is 26.4 Å². The number of nitrogens with zero attached hydrogens (tertiary/aromatic N) is 2. The molecule has 1 N–H and O–H groups in total. The first-order valence-corrected chi connectivity index (χ1v) is 6.17. The number of aliphatic hydroxyl groups is 1. The summed E-state index contributed by atoms with van der Waals surface area (Å²) >= 11 is 1.24. The first-order chi connectivity index (χ1) is 8.19. The third-order valence-electron chi connectivity index (χ3n) is 2.23. The molecule has 0 saturated heterocycles. The Morgan fingerprint density at radius 3 is 2.88 bits per heavy atom. The number of hydrogen-bond acceptors (Lipinski definition) is 5. The van der Waals surface area contributed by atoms with Crippen molar-refractivity contribution in [2.75, 3.05) is 0 Å². The summed E-state index contributed by atoms with van der Waals surface area (Å²) < 4.78 is 9.80. The maximum atomic E-state index is 9.02. The molecule has 1 heterocycles. The van der Waals surface area contributed by atoms with Crippen LogP contribution in [-0.2, 0) is 6.61 Å². The highest BCUT2D eigenvalue weighted by molar-refractivity contribution is 7.07. The van der Waals surface area contributed by atoms with Crippen molar-refractivity contribution in [1.82, 2.24) is 9.36 Å². The van der Waals surface area contributed by atoms with Crippen molar-refractivity contribution in [3.8, 4) is 10.9 Å². The van der Waals surface area contributed by atoms with Gasteiger partial charge in [0.1, 0.15) is 11.6 Å². The van der Waals surface area contributed by atoms with E-state index in [4.69, 9.17) is 9.84 Å². The molecule has 90 valence electrons. The van der Waals surface area contributed by atoms with Crippen LogP contribution >= 0.6 is 11.5 Å². The van der Waals surface area contributed by atoms with Gasteiger partial charge in [0.05, 0.1) is 6.61 Å². The summed E-state index contributed by atoms with van der Waals surface area (Å²) in [6.45, 7) is 4.08. The van der Waals surface area contributed by atoms with Gasteiger partial charge in [-0.25, -0.2) is 0 Å². The van der Waals surface area contributed by atoms with Gasteiger partial charge in [0, 0.05) is 17.5 Å². The number of aromatic nitrogens is 2. The fourth-order valence-electron chi connectivity index (χ4n) is 1.30. The summed E-state index contributed by atoms with van der Waals surface area (Å²) in [4.78, 5) is 4.28. The molecule has 0 aliphatic rings. The first-order valence-electron chi connectivity index (χ1n) is 5.40. The Bertz CT molecular complexity index is 497. The predicted molar refractivity (Wildman–Crippen MR) is 66.4 cm³/mol. The zero-order chi connectivity index (χ0) is 12.3. The summed E-state index contributed by atoms with van der Waals surface area (Å²) in [5, 5.41) is 9.56. The Balaban J connectivity index is 2.13. The van der Waals surface area contributed by atoms with Gasteiger partial charge in [-0.3, -0.25) is 0 Å². The highest BCUT2D eigenvalue weighted by atomic mass is 32.1. The Labute approximate surface area is 104 Å². The van der Waals surface area contributed by atoms with Crippen LogP contribution in [0, 0.1) is 0 Å². The second-order valence-corrected chi connectivity index (χ2v) is 4.70. The van der Waals surface area contributed by atoms with Gasteiger partial charge in [-0.1, -0.05) is 26.0 Å². The van der Waals surface area contributed by atoms with Gasteiger partial charge in [0.15, 0.2) is 0 Å². The third kappa shape index (κ3) is 3.01. The molecule has 0 spiro atoms. The highest BCUT2D eigenvalue weighted by Crippen LogP contribution is 2.25. The quantitative estimate of drug-likeness (QED) is 0.906. The van der Waals surface area contributed by atoms with Gasteiger partial charge in [-0.2, -0.15) is 9.36 Å². The normalized spacial score (nSPS) is 10.8. The Hall–Kier alpha value is -1.46. The Morgan fingerprint density at radius 2 is 2.24 bits per heavy atom. The minimum atomic E-state index is 0.00453. The Morgan fingerprint density at radius 1 is 1.41 bits per heavy atom. The molecular formula is C12H14N2O2S. The molecule has 2 rings (SSSR count). The monoisotopic (exact) mass is 250 g/mol. The Kier molecular flexibility index (Phi) is 3.71. The topological polar surface area (TPSA) is 55.2 Å². The number of aliphatic hydroxyl groups excluding tert-OH is 1. The molecule has 0 radical (unpaired) electrons. The molecule has 0 unspecified atom stereocenters. The molecule has 0 amide bonds. The van der Waals surface area contributed by atoms with E-state index in [1.54, 1.807) is 6.07 Å². The van der Waals surface area contributed by atoms with Crippen LogP contribution in [-0.4, -0.2) is 14.5 Å².